The molecule has 0 N–H and O–H groups in total. The smallest absolute Gasteiger partial charge is 0.370 e. The number of rotatable bonds is 20. The minimum absolute atomic E-state index is 0.720. The predicted octanol–water partition coefficient (Wildman–Crippen LogP) is 7.00. The summed E-state index contributed by atoms with van der Waals surface area (Å²) in [5.41, 5.74) is 2.01. The van der Waals surface area contributed by atoms with E-state index in [4.69, 9.17) is 13.3 Å². The summed E-state index contributed by atoms with van der Waals surface area (Å²) < 4.78 is 18.8. The predicted molar refractivity (Wildman–Crippen MR) is 115 cm³/mol. The number of allylic oxidation sites excluding steroid dienone is 2. The fourth-order valence-electron chi connectivity index (χ4n) is 2.69. The molecule has 0 aliphatic rings. The standard InChI is InChI=1S/C22H44O3Si/c1-5-9-13-16-19-23-26(22-12-8-4,24-20-17-14-10-6-2)25-21-18-15-11-7-3/h8,12,22H,4-7,9-11,13-21H2,1-3H3. The quantitative estimate of drug-likeness (QED) is 0.128. The van der Waals surface area contributed by atoms with E-state index in [1.807, 2.05) is 11.8 Å². The van der Waals surface area contributed by atoms with Gasteiger partial charge in [0.05, 0.1) is 0 Å². The van der Waals surface area contributed by atoms with Crippen molar-refractivity contribution in [2.24, 2.45) is 0 Å². The normalized spacial score (nSPS) is 12.1. The Labute approximate surface area is 164 Å². The van der Waals surface area contributed by atoms with E-state index in [-0.39, 0.29) is 0 Å². The molecule has 0 saturated carbocycles. The largest absolute Gasteiger partial charge is 0.529 e. The molecule has 154 valence electrons. The van der Waals surface area contributed by atoms with Crippen molar-refractivity contribution < 1.29 is 13.3 Å². The molecule has 0 heterocycles. The third-order valence-electron chi connectivity index (χ3n) is 4.34. The van der Waals surface area contributed by atoms with Crippen LogP contribution in [0.2, 0.25) is 0 Å². The molecule has 0 spiro atoms. The van der Waals surface area contributed by atoms with Gasteiger partial charge < -0.3 is 13.3 Å². The van der Waals surface area contributed by atoms with Crippen LogP contribution in [-0.2, 0) is 13.3 Å². The van der Waals surface area contributed by atoms with Crippen molar-refractivity contribution in [3.8, 4) is 0 Å². The van der Waals surface area contributed by atoms with Crippen molar-refractivity contribution in [1.82, 2.24) is 0 Å². The van der Waals surface area contributed by atoms with Gasteiger partial charge in [-0.1, -0.05) is 97.3 Å². The van der Waals surface area contributed by atoms with Gasteiger partial charge in [-0.2, -0.15) is 0 Å². The monoisotopic (exact) mass is 384 g/mol. The van der Waals surface area contributed by atoms with E-state index >= 15 is 0 Å². The zero-order chi connectivity index (χ0) is 19.3. The Kier molecular flexibility index (Phi) is 19.0. The number of hydrogen-bond acceptors (Lipinski definition) is 3. The highest BCUT2D eigenvalue weighted by atomic mass is 28.4. The van der Waals surface area contributed by atoms with E-state index in [1.165, 1.54) is 57.8 Å². The van der Waals surface area contributed by atoms with Crippen molar-refractivity contribution >= 4 is 8.80 Å². The molecule has 0 fully saturated rings. The first kappa shape index (κ1) is 25.6. The first-order chi connectivity index (χ1) is 12.7. The van der Waals surface area contributed by atoms with Crippen LogP contribution in [0, 0.1) is 0 Å². The Bertz CT molecular complexity index is 295. The van der Waals surface area contributed by atoms with Crippen molar-refractivity contribution in [3.63, 3.8) is 0 Å². The Morgan fingerprint density at radius 2 is 1.00 bits per heavy atom. The van der Waals surface area contributed by atoms with E-state index in [9.17, 15) is 0 Å². The minimum atomic E-state index is -2.75. The number of unbranched alkanes of at least 4 members (excludes halogenated alkanes) is 9. The number of hydrogen-bond donors (Lipinski definition) is 0. The summed E-state index contributed by atoms with van der Waals surface area (Å²) in [6.07, 6.45) is 18.0. The van der Waals surface area contributed by atoms with E-state index in [2.05, 4.69) is 27.4 Å². The van der Waals surface area contributed by atoms with Crippen molar-refractivity contribution in [2.75, 3.05) is 19.8 Å². The summed E-state index contributed by atoms with van der Waals surface area (Å²) in [4.78, 5) is 0. The summed E-state index contributed by atoms with van der Waals surface area (Å²) in [5, 5.41) is 0. The van der Waals surface area contributed by atoms with Gasteiger partial charge in [0.25, 0.3) is 0 Å². The van der Waals surface area contributed by atoms with Gasteiger partial charge in [-0.15, -0.1) is 0 Å². The van der Waals surface area contributed by atoms with Gasteiger partial charge >= 0.3 is 8.80 Å². The van der Waals surface area contributed by atoms with Gasteiger partial charge in [0, 0.05) is 19.8 Å². The van der Waals surface area contributed by atoms with E-state index in [0.717, 1.165) is 39.1 Å². The zero-order valence-electron chi connectivity index (χ0n) is 17.8. The van der Waals surface area contributed by atoms with Crippen LogP contribution in [0.15, 0.2) is 24.4 Å². The van der Waals surface area contributed by atoms with E-state index < -0.39 is 8.80 Å². The summed E-state index contributed by atoms with van der Waals surface area (Å²) in [5.74, 6) is 0. The van der Waals surface area contributed by atoms with Gasteiger partial charge in [0.15, 0.2) is 0 Å². The van der Waals surface area contributed by atoms with Crippen LogP contribution >= 0.6 is 0 Å². The molecule has 0 rings (SSSR count). The Morgan fingerprint density at radius 3 is 1.31 bits per heavy atom. The van der Waals surface area contributed by atoms with Gasteiger partial charge in [0.2, 0.25) is 0 Å². The molecule has 0 unspecified atom stereocenters. The third-order valence-corrected chi connectivity index (χ3v) is 6.76. The van der Waals surface area contributed by atoms with Crippen LogP contribution in [0.1, 0.15) is 97.8 Å². The van der Waals surface area contributed by atoms with Crippen LogP contribution in [0.5, 0.6) is 0 Å². The fraction of sp³-hybridized carbons (Fsp3) is 0.818. The Balaban J connectivity index is 4.63. The molecule has 0 amide bonds. The first-order valence-electron chi connectivity index (χ1n) is 11.0. The van der Waals surface area contributed by atoms with Crippen LogP contribution in [-0.4, -0.2) is 28.6 Å². The second-order valence-electron chi connectivity index (χ2n) is 6.93. The van der Waals surface area contributed by atoms with Crippen LogP contribution in [0.25, 0.3) is 0 Å². The lowest BCUT2D eigenvalue weighted by atomic mass is 10.2. The first-order valence-corrected chi connectivity index (χ1v) is 12.8. The molecule has 0 aromatic carbocycles. The minimum Gasteiger partial charge on any atom is -0.370 e. The summed E-state index contributed by atoms with van der Waals surface area (Å²) in [6, 6.07) is 0. The molecule has 0 saturated heterocycles. The molecule has 0 aromatic heterocycles. The lowest BCUT2D eigenvalue weighted by molar-refractivity contribution is 0.0673. The van der Waals surface area contributed by atoms with Crippen molar-refractivity contribution in [1.29, 1.82) is 0 Å². The molecular formula is C22H44O3Si. The van der Waals surface area contributed by atoms with E-state index in [0.29, 0.717) is 0 Å². The van der Waals surface area contributed by atoms with Gasteiger partial charge in [-0.25, -0.2) is 0 Å². The maximum atomic E-state index is 6.25. The SMILES string of the molecule is C=CC=C[Si](OCCCCCC)(OCCCCCC)OCCCCCC. The lowest BCUT2D eigenvalue weighted by Gasteiger charge is -2.27. The molecule has 26 heavy (non-hydrogen) atoms. The van der Waals surface area contributed by atoms with Gasteiger partial charge in [-0.05, 0) is 25.0 Å². The highest BCUT2D eigenvalue weighted by molar-refractivity contribution is 6.66. The Morgan fingerprint density at radius 1 is 0.615 bits per heavy atom. The molecular weight excluding hydrogens is 340 g/mol. The lowest BCUT2D eigenvalue weighted by Crippen LogP contribution is -2.45. The molecule has 4 heteroatoms. The molecule has 0 atom stereocenters. The van der Waals surface area contributed by atoms with Crippen molar-refractivity contribution in [3.05, 3.63) is 24.4 Å². The second kappa shape index (κ2) is 19.3. The topological polar surface area (TPSA) is 27.7 Å². The average molecular weight is 385 g/mol. The highest BCUT2D eigenvalue weighted by Gasteiger charge is 2.38. The maximum absolute atomic E-state index is 6.25. The molecule has 3 nitrogen and oxygen atoms in total. The Hall–Kier alpha value is -0.423. The van der Waals surface area contributed by atoms with Crippen LogP contribution in [0.4, 0.5) is 0 Å². The summed E-state index contributed by atoms with van der Waals surface area (Å²) in [7, 11) is -2.75. The zero-order valence-corrected chi connectivity index (χ0v) is 18.8. The van der Waals surface area contributed by atoms with Gasteiger partial charge in [-0.3, -0.25) is 0 Å². The maximum Gasteiger partial charge on any atom is 0.529 e. The molecule has 0 bridgehead atoms. The fourth-order valence-corrected chi connectivity index (χ4v) is 4.88. The molecule has 0 aliphatic heterocycles. The third kappa shape index (κ3) is 14.7. The van der Waals surface area contributed by atoms with Crippen LogP contribution < -0.4 is 0 Å². The summed E-state index contributed by atoms with van der Waals surface area (Å²) in [6.45, 7) is 12.6. The molecule has 0 aliphatic carbocycles. The highest BCUT2D eigenvalue weighted by Crippen LogP contribution is 2.16. The van der Waals surface area contributed by atoms with E-state index in [1.54, 1.807) is 6.08 Å². The second-order valence-corrected chi connectivity index (χ2v) is 9.33. The van der Waals surface area contributed by atoms with Gasteiger partial charge in [0.1, 0.15) is 0 Å². The van der Waals surface area contributed by atoms with Crippen molar-refractivity contribution in [2.45, 2.75) is 97.8 Å². The average Bonchev–Trinajstić information content (AvgIpc) is 2.65. The summed E-state index contributed by atoms with van der Waals surface area (Å²) >= 11 is 0. The van der Waals surface area contributed by atoms with Crippen LogP contribution in [0.3, 0.4) is 0 Å². The molecule has 0 radical (unpaired) electrons. The molecule has 0 aromatic rings.